The highest BCUT2D eigenvalue weighted by Gasteiger charge is 2.35. The Kier molecular flexibility index (Phi) is 7.01. The van der Waals surface area contributed by atoms with Gasteiger partial charge in [-0.25, -0.2) is 0 Å². The quantitative estimate of drug-likeness (QED) is 0.193. The number of amides is 2. The molecule has 2 amide bonds. The van der Waals surface area contributed by atoms with E-state index in [0.717, 1.165) is 77.7 Å². The van der Waals surface area contributed by atoms with E-state index in [1.54, 1.807) is 0 Å². The van der Waals surface area contributed by atoms with Gasteiger partial charge < -0.3 is 11.5 Å². The molecule has 6 aromatic rings. The largest absolute Gasteiger partial charge is 0.369 e. The number of hydrogen-bond donors (Lipinski definition) is 2. The van der Waals surface area contributed by atoms with Crippen molar-refractivity contribution < 1.29 is 9.59 Å². The number of hydrogen-bond acceptors (Lipinski definition) is 5. The molecule has 0 saturated carbocycles. The van der Waals surface area contributed by atoms with E-state index in [1.807, 2.05) is 64.1 Å². The van der Waals surface area contributed by atoms with E-state index in [2.05, 4.69) is 48.5 Å². The summed E-state index contributed by atoms with van der Waals surface area (Å²) in [6, 6.07) is 28.9. The lowest BCUT2D eigenvalue weighted by molar-refractivity contribution is -0.126. The minimum Gasteiger partial charge on any atom is -0.369 e. The summed E-state index contributed by atoms with van der Waals surface area (Å²) in [7, 11) is 0. The van der Waals surface area contributed by atoms with Crippen LogP contribution in [-0.2, 0) is 22.4 Å². The third-order valence-electron chi connectivity index (χ3n) is 8.62. The van der Waals surface area contributed by atoms with Gasteiger partial charge in [-0.15, -0.1) is 0 Å². The average Bonchev–Trinajstić information content (AvgIpc) is 3.46. The summed E-state index contributed by atoms with van der Waals surface area (Å²) in [4.78, 5) is 25.7. The molecule has 0 spiro atoms. The number of benzene rings is 5. The molecule has 1 heterocycles. The van der Waals surface area contributed by atoms with Gasteiger partial charge in [0.15, 0.2) is 0 Å². The Morgan fingerprint density at radius 1 is 0.605 bits per heavy atom. The topological polar surface area (TPSA) is 112 Å². The molecule has 0 bridgehead atoms. The zero-order chi connectivity index (χ0) is 30.5. The van der Waals surface area contributed by atoms with Crippen LogP contribution in [0, 0.1) is 10.8 Å². The second-order valence-electron chi connectivity index (χ2n) is 12.6. The van der Waals surface area contributed by atoms with Gasteiger partial charge in [0.1, 0.15) is 11.0 Å². The molecule has 43 heavy (non-hydrogen) atoms. The highest BCUT2D eigenvalue weighted by atomic mass is 32.1. The van der Waals surface area contributed by atoms with Crippen LogP contribution >= 0.6 is 11.7 Å². The van der Waals surface area contributed by atoms with Crippen LogP contribution in [0.5, 0.6) is 0 Å². The third kappa shape index (κ3) is 4.93. The molecular formula is C36H34N4O2S. The minimum atomic E-state index is -0.891. The predicted molar refractivity (Wildman–Crippen MR) is 177 cm³/mol. The molecule has 0 aliphatic heterocycles. The predicted octanol–water partition coefficient (Wildman–Crippen LogP) is 7.44. The van der Waals surface area contributed by atoms with Crippen LogP contribution < -0.4 is 11.5 Å². The van der Waals surface area contributed by atoms with E-state index in [4.69, 9.17) is 20.2 Å². The molecule has 0 aliphatic carbocycles. The monoisotopic (exact) mass is 586 g/mol. The Hall–Kier alpha value is -4.62. The van der Waals surface area contributed by atoms with E-state index in [0.29, 0.717) is 12.8 Å². The van der Waals surface area contributed by atoms with Crippen molar-refractivity contribution in [1.29, 1.82) is 0 Å². The highest BCUT2D eigenvalue weighted by Crippen LogP contribution is 2.47. The average molecular weight is 587 g/mol. The van der Waals surface area contributed by atoms with Gasteiger partial charge in [-0.05, 0) is 56.6 Å². The summed E-state index contributed by atoms with van der Waals surface area (Å²) >= 11 is 1.16. The maximum atomic E-state index is 12.9. The standard InChI is InChI=1S/C36H34N4O2S/c1-35(2,33(37)41)19-27-28(20-36(3,4)34(38)42)30(26-18-10-14-22-12-6-8-16-24(22)26)32-31(39-43-40-32)29(27)25-17-9-13-21-11-5-7-15-23(21)25/h5-18H,19-20H2,1-4H3,(H2,37,41)(H2,38,42). The molecule has 1 aromatic heterocycles. The van der Waals surface area contributed by atoms with Gasteiger partial charge in [0.25, 0.3) is 0 Å². The zero-order valence-corrected chi connectivity index (χ0v) is 25.6. The Morgan fingerprint density at radius 3 is 1.37 bits per heavy atom. The summed E-state index contributed by atoms with van der Waals surface area (Å²) < 4.78 is 9.80. The van der Waals surface area contributed by atoms with Gasteiger partial charge in [0, 0.05) is 22.0 Å². The molecule has 7 heteroatoms. The summed E-state index contributed by atoms with van der Waals surface area (Å²) in [5.74, 6) is -0.806. The molecule has 0 atom stereocenters. The molecule has 6 nitrogen and oxygen atoms in total. The number of rotatable bonds is 8. The fourth-order valence-electron chi connectivity index (χ4n) is 6.02. The molecule has 216 valence electrons. The van der Waals surface area contributed by atoms with Gasteiger partial charge in [-0.3, -0.25) is 9.59 Å². The summed E-state index contributed by atoms with van der Waals surface area (Å²) in [5.41, 5.74) is 17.4. The number of primary amides is 2. The second kappa shape index (κ2) is 10.6. The van der Waals surface area contributed by atoms with Gasteiger partial charge in [0.2, 0.25) is 11.8 Å². The number of fused-ring (bicyclic) bond motifs is 3. The van der Waals surface area contributed by atoms with E-state index < -0.39 is 22.6 Å². The van der Waals surface area contributed by atoms with Crippen molar-refractivity contribution in [2.75, 3.05) is 0 Å². The van der Waals surface area contributed by atoms with Crippen molar-refractivity contribution in [3.63, 3.8) is 0 Å². The SMILES string of the molecule is CC(C)(Cc1c(CC(C)(C)C(N)=O)c(-c2cccc3ccccc23)c2nsnc2c1-c1cccc2ccccc12)C(N)=O. The van der Waals surface area contributed by atoms with Crippen molar-refractivity contribution in [3.05, 3.63) is 96.1 Å². The third-order valence-corrected chi connectivity index (χ3v) is 9.15. The van der Waals surface area contributed by atoms with Crippen LogP contribution in [0.3, 0.4) is 0 Å². The molecule has 0 aliphatic rings. The number of carbonyl (C=O) groups is 2. The van der Waals surface area contributed by atoms with E-state index in [-0.39, 0.29) is 0 Å². The van der Waals surface area contributed by atoms with Crippen LogP contribution in [-0.4, -0.2) is 20.6 Å². The molecule has 0 saturated heterocycles. The first-order valence-electron chi connectivity index (χ1n) is 14.4. The van der Waals surface area contributed by atoms with Crippen molar-refractivity contribution in [2.45, 2.75) is 40.5 Å². The van der Waals surface area contributed by atoms with Crippen LogP contribution in [0.15, 0.2) is 84.9 Å². The van der Waals surface area contributed by atoms with E-state index >= 15 is 0 Å². The first-order chi connectivity index (χ1) is 20.5. The molecule has 5 aromatic carbocycles. The lowest BCUT2D eigenvalue weighted by Gasteiger charge is -2.30. The second-order valence-corrected chi connectivity index (χ2v) is 13.1. The number of nitrogens with zero attached hydrogens (tertiary/aromatic N) is 2. The minimum absolute atomic E-state index is 0.344. The Bertz CT molecular complexity index is 1900. The van der Waals surface area contributed by atoms with Crippen molar-refractivity contribution in [3.8, 4) is 22.3 Å². The molecule has 0 radical (unpaired) electrons. The first kappa shape index (κ1) is 28.5. The maximum Gasteiger partial charge on any atom is 0.223 e. The van der Waals surface area contributed by atoms with Crippen LogP contribution in [0.1, 0.15) is 38.8 Å². The molecular weight excluding hydrogens is 552 g/mol. The van der Waals surface area contributed by atoms with E-state index in [9.17, 15) is 9.59 Å². The van der Waals surface area contributed by atoms with Gasteiger partial charge in [-0.2, -0.15) is 8.75 Å². The van der Waals surface area contributed by atoms with Crippen molar-refractivity contribution in [2.24, 2.45) is 22.3 Å². The first-order valence-corrected chi connectivity index (χ1v) is 15.1. The maximum absolute atomic E-state index is 12.9. The van der Waals surface area contributed by atoms with E-state index in [1.165, 1.54) is 0 Å². The van der Waals surface area contributed by atoms with Crippen LogP contribution in [0.25, 0.3) is 54.8 Å². The van der Waals surface area contributed by atoms with Gasteiger partial charge in [0.05, 0.1) is 11.7 Å². The molecule has 0 fully saturated rings. The number of aromatic nitrogens is 2. The smallest absolute Gasteiger partial charge is 0.223 e. The molecule has 0 unspecified atom stereocenters. The number of nitrogens with two attached hydrogens (primary N) is 2. The Balaban J connectivity index is 1.84. The normalized spacial score (nSPS) is 12.3. The van der Waals surface area contributed by atoms with Crippen LogP contribution in [0.4, 0.5) is 0 Å². The fraction of sp³-hybridized carbons (Fsp3) is 0.222. The summed E-state index contributed by atoms with van der Waals surface area (Å²) in [6.07, 6.45) is 0.687. The fourth-order valence-corrected chi connectivity index (χ4v) is 6.58. The summed E-state index contributed by atoms with van der Waals surface area (Å²) in [6.45, 7) is 7.47. The van der Waals surface area contributed by atoms with Crippen LogP contribution in [0.2, 0.25) is 0 Å². The Labute approximate surface area is 255 Å². The molecule has 6 rings (SSSR count). The highest BCUT2D eigenvalue weighted by molar-refractivity contribution is 7.00. The zero-order valence-electron chi connectivity index (χ0n) is 24.8. The van der Waals surface area contributed by atoms with Gasteiger partial charge in [-0.1, -0.05) is 113 Å². The Morgan fingerprint density at radius 2 is 0.977 bits per heavy atom. The van der Waals surface area contributed by atoms with Crippen molar-refractivity contribution in [1.82, 2.24) is 8.75 Å². The number of carbonyl (C=O) groups excluding carboxylic acids is 2. The van der Waals surface area contributed by atoms with Crippen molar-refractivity contribution >= 4 is 56.1 Å². The lowest BCUT2D eigenvalue weighted by Crippen LogP contribution is -2.36. The lowest BCUT2D eigenvalue weighted by atomic mass is 9.73. The van der Waals surface area contributed by atoms with Gasteiger partial charge >= 0.3 is 0 Å². The summed E-state index contributed by atoms with van der Waals surface area (Å²) in [5, 5.41) is 4.31. The molecule has 4 N–H and O–H groups in total.